The van der Waals surface area contributed by atoms with Crippen molar-refractivity contribution in [1.29, 1.82) is 0 Å². The minimum Gasteiger partial charge on any atom is -0.319 e. The van der Waals surface area contributed by atoms with Gasteiger partial charge < -0.3 is 16.0 Å². The first-order valence-electron chi connectivity index (χ1n) is 8.36. The average molecular weight is 403 g/mol. The van der Waals surface area contributed by atoms with Gasteiger partial charge in [-0.2, -0.15) is 18.3 Å². The van der Waals surface area contributed by atoms with E-state index in [-0.39, 0.29) is 11.6 Å². The fourth-order valence-corrected chi connectivity index (χ4v) is 2.46. The number of urea groups is 1. The zero-order valence-corrected chi connectivity index (χ0v) is 15.1. The molecule has 29 heavy (non-hydrogen) atoms. The fourth-order valence-electron chi connectivity index (χ4n) is 2.46. The first-order chi connectivity index (χ1) is 13.7. The molecule has 150 valence electrons. The van der Waals surface area contributed by atoms with Crippen molar-refractivity contribution in [3.05, 3.63) is 72.1 Å². The van der Waals surface area contributed by atoms with Crippen LogP contribution in [-0.4, -0.2) is 21.7 Å². The number of rotatable bonds is 4. The van der Waals surface area contributed by atoms with Crippen molar-refractivity contribution in [2.45, 2.75) is 6.18 Å². The number of aryl methyl sites for hydroxylation is 1. The molecule has 0 unspecified atom stereocenters. The second-order valence-electron chi connectivity index (χ2n) is 6.09. The highest BCUT2D eigenvalue weighted by Crippen LogP contribution is 2.29. The molecule has 0 fully saturated rings. The summed E-state index contributed by atoms with van der Waals surface area (Å²) in [5.74, 6) is -0.384. The summed E-state index contributed by atoms with van der Waals surface area (Å²) in [6.45, 7) is 0. The van der Waals surface area contributed by atoms with Crippen LogP contribution in [0.25, 0.3) is 0 Å². The summed E-state index contributed by atoms with van der Waals surface area (Å²) in [5, 5.41) is 11.6. The Bertz CT molecular complexity index is 1030. The monoisotopic (exact) mass is 403 g/mol. The number of amides is 3. The van der Waals surface area contributed by atoms with Gasteiger partial charge in [0.25, 0.3) is 5.91 Å². The summed E-state index contributed by atoms with van der Waals surface area (Å²) in [4.78, 5) is 24.4. The first kappa shape index (κ1) is 19.9. The molecule has 0 aliphatic heterocycles. The lowest BCUT2D eigenvalue weighted by molar-refractivity contribution is -0.137. The van der Waals surface area contributed by atoms with Gasteiger partial charge in [-0.1, -0.05) is 6.07 Å². The van der Waals surface area contributed by atoms with E-state index >= 15 is 0 Å². The number of nitrogens with zero attached hydrogens (tertiary/aromatic N) is 2. The van der Waals surface area contributed by atoms with Crippen LogP contribution >= 0.6 is 0 Å². The predicted molar refractivity (Wildman–Crippen MR) is 102 cm³/mol. The van der Waals surface area contributed by atoms with Gasteiger partial charge in [0.05, 0.1) is 17.4 Å². The van der Waals surface area contributed by atoms with Crippen LogP contribution in [0.4, 0.5) is 35.0 Å². The quantitative estimate of drug-likeness (QED) is 0.606. The number of hydrogen-bond donors (Lipinski definition) is 3. The Balaban J connectivity index is 1.62. The number of anilines is 3. The molecule has 7 nitrogen and oxygen atoms in total. The van der Waals surface area contributed by atoms with Crippen LogP contribution in [0, 0.1) is 0 Å². The molecule has 2 aromatic carbocycles. The van der Waals surface area contributed by atoms with Crippen LogP contribution in [0.15, 0.2) is 60.9 Å². The summed E-state index contributed by atoms with van der Waals surface area (Å²) < 4.78 is 39.3. The van der Waals surface area contributed by atoms with Crippen molar-refractivity contribution in [2.24, 2.45) is 7.05 Å². The van der Waals surface area contributed by atoms with Crippen LogP contribution in [-0.2, 0) is 13.2 Å². The number of hydrogen-bond acceptors (Lipinski definition) is 3. The van der Waals surface area contributed by atoms with Crippen LogP contribution in [0.1, 0.15) is 15.9 Å². The first-order valence-corrected chi connectivity index (χ1v) is 8.36. The van der Waals surface area contributed by atoms with E-state index < -0.39 is 17.8 Å². The zero-order chi connectivity index (χ0) is 21.0. The minimum atomic E-state index is -4.45. The number of carbonyl (C=O) groups is 2. The summed E-state index contributed by atoms with van der Waals surface area (Å²) in [5.41, 5.74) is 0.558. The third-order valence-electron chi connectivity index (χ3n) is 3.82. The van der Waals surface area contributed by atoms with Crippen molar-refractivity contribution < 1.29 is 22.8 Å². The molecule has 10 heteroatoms. The number of nitrogens with one attached hydrogen (secondary N) is 3. The van der Waals surface area contributed by atoms with Crippen molar-refractivity contribution >= 4 is 29.0 Å². The van der Waals surface area contributed by atoms with Gasteiger partial charge in [0.2, 0.25) is 0 Å². The number of alkyl halides is 3. The van der Waals surface area contributed by atoms with Gasteiger partial charge in [0, 0.05) is 30.2 Å². The number of carbonyl (C=O) groups excluding carboxylic acids is 2. The molecule has 0 saturated carbocycles. The van der Waals surface area contributed by atoms with Crippen LogP contribution < -0.4 is 16.0 Å². The Morgan fingerprint density at radius 1 is 0.931 bits per heavy atom. The molecule has 3 N–H and O–H groups in total. The highest BCUT2D eigenvalue weighted by molar-refractivity contribution is 6.06. The minimum absolute atomic E-state index is 0.195. The predicted octanol–water partition coefficient (Wildman–Crippen LogP) is 4.34. The smallest absolute Gasteiger partial charge is 0.319 e. The van der Waals surface area contributed by atoms with Crippen molar-refractivity contribution in [1.82, 2.24) is 9.78 Å². The Hall–Kier alpha value is -3.82. The molecule has 0 bridgehead atoms. The summed E-state index contributed by atoms with van der Waals surface area (Å²) in [6.07, 6.45) is -1.31. The summed E-state index contributed by atoms with van der Waals surface area (Å²) >= 11 is 0. The zero-order valence-electron chi connectivity index (χ0n) is 15.1. The Kier molecular flexibility index (Phi) is 5.53. The third-order valence-corrected chi connectivity index (χ3v) is 3.82. The standard InChI is InChI=1S/C19H16F3N5O2/c1-27-11-16(10-23-27)24-17(28)12-3-2-4-15(9-12)26-18(29)25-14-7-5-13(6-8-14)19(20,21)22/h2-11H,1H3,(H,24,28)(H2,25,26,29). The van der Waals surface area contributed by atoms with E-state index in [2.05, 4.69) is 21.0 Å². The number of aromatic nitrogens is 2. The molecule has 0 aliphatic rings. The van der Waals surface area contributed by atoms with Gasteiger partial charge in [0.1, 0.15) is 0 Å². The lowest BCUT2D eigenvalue weighted by Gasteiger charge is -2.10. The Morgan fingerprint density at radius 2 is 1.62 bits per heavy atom. The van der Waals surface area contributed by atoms with E-state index in [4.69, 9.17) is 0 Å². The maximum Gasteiger partial charge on any atom is 0.416 e. The van der Waals surface area contributed by atoms with E-state index in [1.165, 1.54) is 12.3 Å². The topological polar surface area (TPSA) is 88.0 Å². The highest BCUT2D eigenvalue weighted by Gasteiger charge is 2.29. The molecular formula is C19H16F3N5O2. The average Bonchev–Trinajstić information content (AvgIpc) is 3.06. The largest absolute Gasteiger partial charge is 0.416 e. The Morgan fingerprint density at radius 3 is 2.24 bits per heavy atom. The van der Waals surface area contributed by atoms with Gasteiger partial charge in [-0.05, 0) is 42.5 Å². The van der Waals surface area contributed by atoms with E-state index in [0.29, 0.717) is 16.9 Å². The molecule has 0 saturated heterocycles. The molecule has 3 amide bonds. The molecule has 3 aromatic rings. The Labute approximate surface area is 163 Å². The van der Waals surface area contributed by atoms with Crippen LogP contribution in [0.5, 0.6) is 0 Å². The van der Waals surface area contributed by atoms with E-state index in [1.54, 1.807) is 36.1 Å². The van der Waals surface area contributed by atoms with Crippen molar-refractivity contribution in [3.63, 3.8) is 0 Å². The summed E-state index contributed by atoms with van der Waals surface area (Å²) in [7, 11) is 1.72. The van der Waals surface area contributed by atoms with Gasteiger partial charge >= 0.3 is 12.2 Å². The SMILES string of the molecule is Cn1cc(NC(=O)c2cccc(NC(=O)Nc3ccc(C(F)(F)F)cc3)c2)cn1. The molecule has 0 atom stereocenters. The van der Waals surface area contributed by atoms with Gasteiger partial charge in [-0.15, -0.1) is 0 Å². The second kappa shape index (κ2) is 8.05. The fraction of sp³-hybridized carbons (Fsp3) is 0.105. The van der Waals surface area contributed by atoms with Crippen molar-refractivity contribution in [2.75, 3.05) is 16.0 Å². The molecular weight excluding hydrogens is 387 g/mol. The maximum absolute atomic E-state index is 12.6. The van der Waals surface area contributed by atoms with E-state index in [1.807, 2.05) is 0 Å². The number of halogens is 3. The van der Waals surface area contributed by atoms with Crippen LogP contribution in [0.3, 0.4) is 0 Å². The van der Waals surface area contributed by atoms with E-state index in [0.717, 1.165) is 24.3 Å². The lowest BCUT2D eigenvalue weighted by Crippen LogP contribution is -2.20. The van der Waals surface area contributed by atoms with Crippen molar-refractivity contribution in [3.8, 4) is 0 Å². The van der Waals surface area contributed by atoms with E-state index in [9.17, 15) is 22.8 Å². The number of benzene rings is 2. The molecule has 0 aliphatic carbocycles. The molecule has 1 heterocycles. The second-order valence-corrected chi connectivity index (χ2v) is 6.09. The molecule has 0 radical (unpaired) electrons. The summed E-state index contributed by atoms with van der Waals surface area (Å²) in [6, 6.07) is 9.61. The third kappa shape index (κ3) is 5.34. The van der Waals surface area contributed by atoms with Gasteiger partial charge in [-0.3, -0.25) is 9.48 Å². The van der Waals surface area contributed by atoms with Crippen LogP contribution in [0.2, 0.25) is 0 Å². The highest BCUT2D eigenvalue weighted by atomic mass is 19.4. The maximum atomic E-state index is 12.6. The molecule has 0 spiro atoms. The lowest BCUT2D eigenvalue weighted by atomic mass is 10.2. The normalized spacial score (nSPS) is 11.0. The molecule has 1 aromatic heterocycles. The van der Waals surface area contributed by atoms with Gasteiger partial charge in [0.15, 0.2) is 0 Å². The molecule has 3 rings (SSSR count). The van der Waals surface area contributed by atoms with Gasteiger partial charge in [-0.25, -0.2) is 4.79 Å².